The predicted molar refractivity (Wildman–Crippen MR) is 94.0 cm³/mol. The molecule has 3 aromatic carbocycles. The van der Waals surface area contributed by atoms with E-state index in [2.05, 4.69) is 51.6 Å². The number of benzene rings is 3. The highest BCUT2D eigenvalue weighted by molar-refractivity contribution is 9.10. The number of hydrogen-bond donors (Lipinski definition) is 1. The van der Waals surface area contributed by atoms with Gasteiger partial charge in [0.25, 0.3) is 5.91 Å². The zero-order valence-corrected chi connectivity index (χ0v) is 13.8. The predicted octanol–water partition coefficient (Wildman–Crippen LogP) is 5.09. The number of fused-ring (bicyclic) bond motifs is 1. The Labute approximate surface area is 138 Å². The van der Waals surface area contributed by atoms with E-state index in [1.165, 1.54) is 10.8 Å². The summed E-state index contributed by atoms with van der Waals surface area (Å²) in [5, 5.41) is 5.43. The van der Waals surface area contributed by atoms with Crippen LogP contribution in [0.4, 0.5) is 0 Å². The third kappa shape index (κ3) is 3.20. The van der Waals surface area contributed by atoms with Crippen molar-refractivity contribution in [3.8, 4) is 0 Å². The van der Waals surface area contributed by atoms with E-state index in [0.717, 1.165) is 10.0 Å². The quantitative estimate of drug-likeness (QED) is 0.697. The molecule has 1 amide bonds. The van der Waals surface area contributed by atoms with Gasteiger partial charge < -0.3 is 5.32 Å². The highest BCUT2D eigenvalue weighted by Crippen LogP contribution is 2.21. The van der Waals surface area contributed by atoms with Crippen molar-refractivity contribution in [1.29, 1.82) is 0 Å². The summed E-state index contributed by atoms with van der Waals surface area (Å²) in [6.45, 7) is 2.00. The monoisotopic (exact) mass is 353 g/mol. The van der Waals surface area contributed by atoms with Crippen molar-refractivity contribution in [2.45, 2.75) is 13.0 Å². The Morgan fingerprint density at radius 1 is 0.955 bits per heavy atom. The van der Waals surface area contributed by atoms with Crippen LogP contribution in [0.2, 0.25) is 0 Å². The second kappa shape index (κ2) is 6.32. The molecule has 22 heavy (non-hydrogen) atoms. The molecule has 3 rings (SSSR count). The first-order valence-corrected chi connectivity index (χ1v) is 7.98. The molecule has 1 atom stereocenters. The van der Waals surface area contributed by atoms with Crippen molar-refractivity contribution < 1.29 is 4.79 Å². The number of carbonyl (C=O) groups is 1. The van der Waals surface area contributed by atoms with Crippen LogP contribution in [-0.2, 0) is 0 Å². The summed E-state index contributed by atoms with van der Waals surface area (Å²) >= 11 is 3.39. The van der Waals surface area contributed by atoms with Crippen LogP contribution in [0.1, 0.15) is 28.9 Å². The lowest BCUT2D eigenvalue weighted by molar-refractivity contribution is 0.0940. The molecule has 0 unspecified atom stereocenters. The molecule has 0 spiro atoms. The molecule has 0 saturated carbocycles. The Morgan fingerprint density at radius 3 is 2.50 bits per heavy atom. The van der Waals surface area contributed by atoms with Crippen LogP contribution < -0.4 is 5.32 Å². The molecule has 0 aliphatic carbocycles. The fourth-order valence-electron chi connectivity index (χ4n) is 2.47. The molecule has 0 heterocycles. The molecule has 0 radical (unpaired) electrons. The molecular weight excluding hydrogens is 338 g/mol. The van der Waals surface area contributed by atoms with Crippen molar-refractivity contribution in [3.05, 3.63) is 82.3 Å². The van der Waals surface area contributed by atoms with Crippen molar-refractivity contribution in [1.82, 2.24) is 5.32 Å². The van der Waals surface area contributed by atoms with Crippen LogP contribution in [0.3, 0.4) is 0 Å². The Morgan fingerprint density at radius 2 is 1.73 bits per heavy atom. The summed E-state index contributed by atoms with van der Waals surface area (Å²) < 4.78 is 0.901. The van der Waals surface area contributed by atoms with Crippen molar-refractivity contribution in [2.75, 3.05) is 0 Å². The number of rotatable bonds is 3. The second-order valence-corrected chi connectivity index (χ2v) is 6.23. The summed E-state index contributed by atoms with van der Waals surface area (Å²) in [4.78, 5) is 12.3. The Kier molecular flexibility index (Phi) is 4.25. The smallest absolute Gasteiger partial charge is 0.251 e. The van der Waals surface area contributed by atoms with Crippen LogP contribution in [0, 0.1) is 0 Å². The molecule has 0 aliphatic rings. The first-order valence-electron chi connectivity index (χ1n) is 7.18. The minimum Gasteiger partial charge on any atom is -0.346 e. The van der Waals surface area contributed by atoms with Crippen LogP contribution in [0.15, 0.2) is 71.2 Å². The minimum absolute atomic E-state index is 0.0453. The molecule has 0 aromatic heterocycles. The van der Waals surface area contributed by atoms with Gasteiger partial charge in [0.1, 0.15) is 0 Å². The minimum atomic E-state index is -0.0676. The van der Waals surface area contributed by atoms with Gasteiger partial charge in [-0.05, 0) is 47.5 Å². The lowest BCUT2D eigenvalue weighted by Crippen LogP contribution is -2.26. The van der Waals surface area contributed by atoms with Gasteiger partial charge in [0, 0.05) is 10.0 Å². The van der Waals surface area contributed by atoms with E-state index in [1.807, 2.05) is 43.3 Å². The zero-order chi connectivity index (χ0) is 15.5. The molecular formula is C19H16BrNO. The van der Waals surface area contributed by atoms with Crippen LogP contribution >= 0.6 is 15.9 Å². The number of carbonyl (C=O) groups excluding carboxylic acids is 1. The topological polar surface area (TPSA) is 29.1 Å². The van der Waals surface area contributed by atoms with Crippen molar-refractivity contribution in [2.24, 2.45) is 0 Å². The molecule has 110 valence electrons. The summed E-state index contributed by atoms with van der Waals surface area (Å²) in [6.07, 6.45) is 0. The Hall–Kier alpha value is -2.13. The summed E-state index contributed by atoms with van der Waals surface area (Å²) in [6, 6.07) is 21.9. The summed E-state index contributed by atoms with van der Waals surface area (Å²) in [5.41, 5.74) is 1.75. The van der Waals surface area contributed by atoms with Gasteiger partial charge in [-0.15, -0.1) is 0 Å². The lowest BCUT2D eigenvalue weighted by Gasteiger charge is -2.15. The fraction of sp³-hybridized carbons (Fsp3) is 0.105. The lowest BCUT2D eigenvalue weighted by atomic mass is 10.0. The third-order valence-corrected chi connectivity index (χ3v) is 4.20. The first-order chi connectivity index (χ1) is 10.6. The van der Waals surface area contributed by atoms with E-state index in [-0.39, 0.29) is 11.9 Å². The Bertz CT molecular complexity index is 828. The van der Waals surface area contributed by atoms with E-state index >= 15 is 0 Å². The number of halogens is 1. The molecule has 0 bridgehead atoms. The maximum absolute atomic E-state index is 12.3. The standard InChI is InChI=1S/C19H16BrNO/c1-13(21-19(22)17-7-4-8-18(20)12-17)15-10-9-14-5-2-3-6-16(14)11-15/h2-13H,1H3,(H,21,22)/t13-/m0/s1. The zero-order valence-electron chi connectivity index (χ0n) is 12.2. The molecule has 3 aromatic rings. The molecule has 0 fully saturated rings. The second-order valence-electron chi connectivity index (χ2n) is 5.31. The van der Waals surface area contributed by atoms with Gasteiger partial charge in [-0.1, -0.05) is 58.4 Å². The van der Waals surface area contributed by atoms with Gasteiger partial charge in [0.05, 0.1) is 6.04 Å². The van der Waals surface area contributed by atoms with Crippen LogP contribution in [0.5, 0.6) is 0 Å². The van der Waals surface area contributed by atoms with Gasteiger partial charge >= 0.3 is 0 Å². The summed E-state index contributed by atoms with van der Waals surface area (Å²) in [7, 11) is 0. The molecule has 2 nitrogen and oxygen atoms in total. The number of nitrogens with one attached hydrogen (secondary N) is 1. The fourth-order valence-corrected chi connectivity index (χ4v) is 2.87. The van der Waals surface area contributed by atoms with E-state index in [1.54, 1.807) is 0 Å². The van der Waals surface area contributed by atoms with E-state index < -0.39 is 0 Å². The summed E-state index contributed by atoms with van der Waals surface area (Å²) in [5.74, 6) is -0.0676. The largest absolute Gasteiger partial charge is 0.346 e. The highest BCUT2D eigenvalue weighted by Gasteiger charge is 2.12. The number of amides is 1. The normalized spacial score (nSPS) is 12.1. The number of hydrogen-bond acceptors (Lipinski definition) is 1. The van der Waals surface area contributed by atoms with Gasteiger partial charge in [-0.25, -0.2) is 0 Å². The average Bonchev–Trinajstić information content (AvgIpc) is 2.54. The molecule has 1 N–H and O–H groups in total. The molecule has 3 heteroatoms. The third-order valence-electron chi connectivity index (χ3n) is 3.71. The van der Waals surface area contributed by atoms with Gasteiger partial charge in [0.2, 0.25) is 0 Å². The van der Waals surface area contributed by atoms with Gasteiger partial charge in [-0.2, -0.15) is 0 Å². The average molecular weight is 354 g/mol. The SMILES string of the molecule is C[C@H](NC(=O)c1cccc(Br)c1)c1ccc2ccccc2c1. The first kappa shape index (κ1) is 14.8. The molecule has 0 aliphatic heterocycles. The van der Waals surface area contributed by atoms with E-state index in [9.17, 15) is 4.79 Å². The van der Waals surface area contributed by atoms with Gasteiger partial charge in [0.15, 0.2) is 0 Å². The maximum atomic E-state index is 12.3. The van der Waals surface area contributed by atoms with Crippen molar-refractivity contribution in [3.63, 3.8) is 0 Å². The van der Waals surface area contributed by atoms with Crippen molar-refractivity contribution >= 4 is 32.6 Å². The van der Waals surface area contributed by atoms with E-state index in [4.69, 9.17) is 0 Å². The van der Waals surface area contributed by atoms with Crippen LogP contribution in [-0.4, -0.2) is 5.91 Å². The maximum Gasteiger partial charge on any atom is 0.251 e. The van der Waals surface area contributed by atoms with Gasteiger partial charge in [-0.3, -0.25) is 4.79 Å². The van der Waals surface area contributed by atoms with Crippen LogP contribution in [0.25, 0.3) is 10.8 Å². The molecule has 0 saturated heterocycles. The van der Waals surface area contributed by atoms with E-state index in [0.29, 0.717) is 5.56 Å². The highest BCUT2D eigenvalue weighted by atomic mass is 79.9. The Balaban J connectivity index is 1.80.